The molecule has 10 bridgehead atoms. The Morgan fingerprint density at radius 3 is 2.24 bits per heavy atom. The number of fused-ring (bicyclic) bond motifs is 4. The van der Waals surface area contributed by atoms with E-state index in [-0.39, 0.29) is 49.2 Å². The topological polar surface area (TPSA) is 148 Å². The lowest BCUT2D eigenvalue weighted by molar-refractivity contribution is -0.147. The van der Waals surface area contributed by atoms with Crippen molar-refractivity contribution in [2.75, 3.05) is 20.3 Å². The molecule has 1 saturated heterocycles. The molecule has 11 heteroatoms. The van der Waals surface area contributed by atoms with Crippen LogP contribution < -0.4 is 5.32 Å². The lowest BCUT2D eigenvalue weighted by Crippen LogP contribution is -2.26. The third-order valence-corrected chi connectivity index (χ3v) is 12.8. The largest absolute Gasteiger partial charge is 0.510 e. The number of ether oxygens (including phenoxy) is 3. The van der Waals surface area contributed by atoms with Crippen molar-refractivity contribution in [3.8, 4) is 0 Å². The summed E-state index contributed by atoms with van der Waals surface area (Å²) in [7, 11) is 1.38. The van der Waals surface area contributed by atoms with Gasteiger partial charge in [0.2, 0.25) is 0 Å². The summed E-state index contributed by atoms with van der Waals surface area (Å²) in [6.07, 6.45) is 17.9. The monoisotopic (exact) mass is 790 g/mol. The maximum absolute atomic E-state index is 14.2. The highest BCUT2D eigenvalue weighted by atomic mass is 16.5. The summed E-state index contributed by atoms with van der Waals surface area (Å²) in [5, 5.41) is 15.8. The second kappa shape index (κ2) is 17.8. The van der Waals surface area contributed by atoms with Crippen LogP contribution >= 0.6 is 0 Å². The van der Waals surface area contributed by atoms with Gasteiger partial charge in [-0.3, -0.25) is 14.4 Å². The Hall–Kier alpha value is -5.06. The number of nitrogens with zero attached hydrogens (tertiary/aromatic N) is 3. The molecule has 0 spiro atoms. The fourth-order valence-corrected chi connectivity index (χ4v) is 9.25. The minimum Gasteiger partial charge on any atom is -0.510 e. The molecule has 0 aromatic heterocycles. The predicted octanol–water partition coefficient (Wildman–Crippen LogP) is 9.23. The van der Waals surface area contributed by atoms with Crippen LogP contribution in [-0.4, -0.2) is 60.5 Å². The van der Waals surface area contributed by atoms with E-state index >= 15 is 0 Å². The molecule has 1 unspecified atom stereocenters. The maximum Gasteiger partial charge on any atom is 0.321 e. The highest BCUT2D eigenvalue weighted by Crippen LogP contribution is 2.49. The number of aliphatic hydroxyl groups excluding tert-OH is 1. The molecule has 7 aliphatic rings. The van der Waals surface area contributed by atoms with E-state index < -0.39 is 11.9 Å². The Kier molecular flexibility index (Phi) is 12.6. The van der Waals surface area contributed by atoms with Crippen molar-refractivity contribution in [2.24, 2.45) is 32.7 Å². The summed E-state index contributed by atoms with van der Waals surface area (Å²) in [5.41, 5.74) is 11.4. The first-order valence-corrected chi connectivity index (χ1v) is 21.4. The number of cyclic esters (lactones) is 2. The van der Waals surface area contributed by atoms with Crippen LogP contribution in [0.5, 0.6) is 0 Å². The molecule has 1 fully saturated rings. The van der Waals surface area contributed by atoms with Gasteiger partial charge in [-0.25, -0.2) is 15.0 Å². The Morgan fingerprint density at radius 2 is 1.53 bits per heavy atom. The Balaban J connectivity index is 1.40. The van der Waals surface area contributed by atoms with Gasteiger partial charge in [-0.2, -0.15) is 0 Å². The van der Waals surface area contributed by atoms with E-state index in [1.54, 1.807) is 0 Å². The highest BCUT2D eigenvalue weighted by Gasteiger charge is 2.49. The van der Waals surface area contributed by atoms with E-state index in [1.165, 1.54) is 7.11 Å². The Labute approximate surface area is 342 Å². The van der Waals surface area contributed by atoms with Crippen molar-refractivity contribution in [2.45, 2.75) is 125 Å². The van der Waals surface area contributed by atoms with Gasteiger partial charge in [0.25, 0.3) is 0 Å². The highest BCUT2D eigenvalue weighted by molar-refractivity contribution is 6.24. The molecule has 0 aromatic carbocycles. The second-order valence-electron chi connectivity index (χ2n) is 16.5. The van der Waals surface area contributed by atoms with E-state index in [2.05, 4.69) is 26.1 Å². The summed E-state index contributed by atoms with van der Waals surface area (Å²) in [5.74, 6) is -2.63. The smallest absolute Gasteiger partial charge is 0.321 e. The van der Waals surface area contributed by atoms with Crippen molar-refractivity contribution >= 4 is 35.0 Å². The molecule has 0 aromatic rings. The number of hydrogen-bond donors (Lipinski definition) is 2. The van der Waals surface area contributed by atoms with Crippen LogP contribution in [0.1, 0.15) is 125 Å². The predicted molar refractivity (Wildman–Crippen MR) is 225 cm³/mol. The van der Waals surface area contributed by atoms with Gasteiger partial charge in [-0.05, 0) is 87.0 Å². The van der Waals surface area contributed by atoms with Gasteiger partial charge in [0.05, 0.1) is 47.9 Å². The van der Waals surface area contributed by atoms with Crippen LogP contribution in [-0.2, 0) is 28.6 Å². The lowest BCUT2D eigenvalue weighted by Gasteiger charge is -2.20. The quantitative estimate of drug-likeness (QED) is 0.212. The van der Waals surface area contributed by atoms with E-state index in [1.807, 2.05) is 32.1 Å². The summed E-state index contributed by atoms with van der Waals surface area (Å²) < 4.78 is 17.0. The lowest BCUT2D eigenvalue weighted by atomic mass is 9.84. The first-order chi connectivity index (χ1) is 28.0. The summed E-state index contributed by atoms with van der Waals surface area (Å²) in [4.78, 5) is 55.4. The zero-order valence-electron chi connectivity index (χ0n) is 35.0. The van der Waals surface area contributed by atoms with E-state index in [4.69, 9.17) is 29.2 Å². The van der Waals surface area contributed by atoms with Crippen molar-refractivity contribution < 1.29 is 33.7 Å². The zero-order valence-corrected chi connectivity index (χ0v) is 35.0. The SMILES string of the molecule is CCC1=C(C)C2=NC1=CC1=C(C)C3=C(O)C4C(=O)OCCCCCCCCCCCCC(=O)OCC5=C(C)C(=NC5=C2)C=C2NC(=C4C3=N1)[C@@H](CCC(=O)OC)[C@@H]2C. The number of esters is 3. The van der Waals surface area contributed by atoms with Gasteiger partial charge in [0, 0.05) is 52.8 Å². The average molecular weight is 791 g/mol. The number of carbonyl (C=O) groups excluding carboxylic acids is 3. The van der Waals surface area contributed by atoms with Crippen LogP contribution in [0.4, 0.5) is 0 Å². The molecule has 11 nitrogen and oxygen atoms in total. The standard InChI is InChI=1S/C47H58N4O7/c1-7-30-26(2)34-23-38-32-25-58-40(53)18-16-14-12-10-8-9-11-13-15-17-21-57-47(55)43-42(45-41(46(43)54)29(5)36(51-45)24-37(30)48-34)44-31(19-20-39(52)56-6)27(3)35(50-44)22-33(49-38)28(32)4/h22-24,27,31,43,50,54H,7-21,25H2,1-6H3/t27-,31-,43?/m0/s1. The van der Waals surface area contributed by atoms with Crippen LogP contribution in [0.25, 0.3) is 0 Å². The van der Waals surface area contributed by atoms with Gasteiger partial charge in [0.15, 0.2) is 0 Å². The molecule has 7 rings (SSSR count). The molecule has 0 saturated carbocycles. The second-order valence-corrected chi connectivity index (χ2v) is 16.5. The number of methoxy groups -OCH3 is 1. The molecule has 2 N–H and O–H groups in total. The third-order valence-electron chi connectivity index (χ3n) is 12.8. The van der Waals surface area contributed by atoms with Crippen LogP contribution in [0.2, 0.25) is 0 Å². The van der Waals surface area contributed by atoms with Gasteiger partial charge in [-0.1, -0.05) is 65.2 Å². The average Bonchev–Trinajstić information content (AvgIpc) is 3.95. The van der Waals surface area contributed by atoms with E-state index in [0.717, 1.165) is 121 Å². The Bertz CT molecular complexity index is 2130. The fraction of sp³-hybridized carbons (Fsp3) is 0.532. The zero-order chi connectivity index (χ0) is 41.1. The van der Waals surface area contributed by atoms with Gasteiger partial charge >= 0.3 is 17.9 Å². The molecular formula is C47H58N4O7. The minimum absolute atomic E-state index is 0.0752. The number of aliphatic imine (C=N–C) groups is 3. The maximum atomic E-state index is 14.2. The molecule has 6 aliphatic heterocycles. The van der Waals surface area contributed by atoms with Crippen LogP contribution in [0.15, 0.2) is 106 Å². The molecule has 1 aliphatic carbocycles. The first kappa shape index (κ1) is 41.1. The minimum atomic E-state index is -1.09. The molecule has 6 heterocycles. The third kappa shape index (κ3) is 8.14. The van der Waals surface area contributed by atoms with E-state index in [9.17, 15) is 19.5 Å². The van der Waals surface area contributed by atoms with Crippen molar-refractivity contribution in [1.29, 1.82) is 0 Å². The normalized spacial score (nSPS) is 26.1. The molecular weight excluding hydrogens is 733 g/mol. The molecule has 58 heavy (non-hydrogen) atoms. The number of hydrogen-bond acceptors (Lipinski definition) is 11. The Morgan fingerprint density at radius 1 is 0.862 bits per heavy atom. The van der Waals surface area contributed by atoms with Gasteiger partial charge < -0.3 is 24.6 Å². The van der Waals surface area contributed by atoms with Gasteiger partial charge in [-0.15, -0.1) is 0 Å². The first-order valence-electron chi connectivity index (χ1n) is 21.4. The fourth-order valence-electron chi connectivity index (χ4n) is 9.25. The van der Waals surface area contributed by atoms with Crippen molar-refractivity contribution in [3.05, 3.63) is 91.5 Å². The van der Waals surface area contributed by atoms with Crippen molar-refractivity contribution in [3.63, 3.8) is 0 Å². The number of rotatable bonds is 4. The van der Waals surface area contributed by atoms with Crippen molar-refractivity contribution in [1.82, 2.24) is 5.32 Å². The summed E-state index contributed by atoms with van der Waals surface area (Å²) in [6, 6.07) is 0. The number of nitrogens with one attached hydrogen (secondary N) is 1. The number of aliphatic hydroxyl groups is 1. The molecule has 0 amide bonds. The number of carbonyl (C=O) groups is 3. The van der Waals surface area contributed by atoms with Crippen LogP contribution in [0.3, 0.4) is 0 Å². The summed E-state index contributed by atoms with van der Waals surface area (Å²) in [6.45, 7) is 10.5. The molecule has 308 valence electrons. The molecule has 0 radical (unpaired) electrons. The van der Waals surface area contributed by atoms with E-state index in [0.29, 0.717) is 46.8 Å². The summed E-state index contributed by atoms with van der Waals surface area (Å²) >= 11 is 0. The number of allylic oxidation sites excluding steroid dienone is 10. The molecule has 3 atom stereocenters. The van der Waals surface area contributed by atoms with Crippen LogP contribution in [0, 0.1) is 17.8 Å². The van der Waals surface area contributed by atoms with Gasteiger partial charge in [0.1, 0.15) is 18.3 Å².